The number of hydrogen-bond donors (Lipinski definition) is 3. The maximum Gasteiger partial charge on any atom is 0.323 e. The molecule has 3 atom stereocenters. The van der Waals surface area contributed by atoms with Crippen LogP contribution in [-0.2, 0) is 16.0 Å². The van der Waals surface area contributed by atoms with Crippen LogP contribution in [0.2, 0.25) is 0 Å². The van der Waals surface area contributed by atoms with E-state index in [4.69, 9.17) is 0 Å². The summed E-state index contributed by atoms with van der Waals surface area (Å²) in [6.45, 7) is 2.17. The molecule has 0 radical (unpaired) electrons. The van der Waals surface area contributed by atoms with Gasteiger partial charge in [0.2, 0.25) is 5.91 Å². The number of rotatable bonds is 6. The van der Waals surface area contributed by atoms with Crippen LogP contribution in [-0.4, -0.2) is 51.2 Å². The van der Waals surface area contributed by atoms with Crippen LogP contribution in [0.3, 0.4) is 0 Å². The minimum Gasteiger partial charge on any atom is -0.480 e. The van der Waals surface area contributed by atoms with Gasteiger partial charge in [0, 0.05) is 18.8 Å². The molecule has 0 unspecified atom stereocenters. The number of carbonyl (C=O) groups excluding carboxylic acids is 1. The van der Waals surface area contributed by atoms with Crippen LogP contribution in [0.25, 0.3) is 0 Å². The Morgan fingerprint density at radius 2 is 2.12 bits per heavy atom. The summed E-state index contributed by atoms with van der Waals surface area (Å²) in [5, 5.41) is 19.3. The average molecular weight is 356 g/mol. The number of nitrogens with zero attached hydrogens (tertiary/aromatic N) is 2. The van der Waals surface area contributed by atoms with Gasteiger partial charge >= 0.3 is 5.97 Å². The second kappa shape index (κ2) is 7.29. The lowest BCUT2D eigenvalue weighted by Gasteiger charge is -2.32. The second-order valence-electron chi connectivity index (χ2n) is 7.00. The zero-order valence-corrected chi connectivity index (χ0v) is 15.0. The molecule has 1 aliphatic heterocycles. The standard InChI is InChI=1S/C19H24N4O3/c1-19(18(25)26)10-15(16(23(19)2)14-6-4-3-5-7-14)17(24)20-9-8-13-11-21-22-12-13/h3-7,11-12,15-16H,8-10H2,1-2H3,(H,20,24)(H,21,22)(H,25,26)/t15-,16-,19-/m0/s1. The largest absolute Gasteiger partial charge is 0.480 e. The Kier molecular flexibility index (Phi) is 5.08. The Bertz CT molecular complexity index is 762. The quantitative estimate of drug-likeness (QED) is 0.730. The molecule has 0 bridgehead atoms. The third-order valence-electron chi connectivity index (χ3n) is 5.40. The third kappa shape index (κ3) is 3.35. The molecule has 7 heteroatoms. The summed E-state index contributed by atoms with van der Waals surface area (Å²) in [6.07, 6.45) is 4.47. The third-order valence-corrected chi connectivity index (χ3v) is 5.40. The molecular weight excluding hydrogens is 332 g/mol. The SMILES string of the molecule is CN1[C@@H](c2ccccc2)[C@@H](C(=O)NCCc2cn[nH]c2)C[C@@]1(C)C(=O)O. The molecule has 1 aliphatic rings. The van der Waals surface area contributed by atoms with E-state index >= 15 is 0 Å². The lowest BCUT2D eigenvalue weighted by Crippen LogP contribution is -2.46. The second-order valence-corrected chi connectivity index (χ2v) is 7.00. The summed E-state index contributed by atoms with van der Waals surface area (Å²) in [7, 11) is 1.78. The van der Waals surface area contributed by atoms with Crippen LogP contribution in [0.5, 0.6) is 0 Å². The van der Waals surface area contributed by atoms with Crippen LogP contribution < -0.4 is 5.32 Å². The van der Waals surface area contributed by atoms with Gasteiger partial charge in [0.15, 0.2) is 0 Å². The number of aliphatic carboxylic acids is 1. The van der Waals surface area contributed by atoms with E-state index in [2.05, 4.69) is 15.5 Å². The first-order valence-electron chi connectivity index (χ1n) is 8.70. The van der Waals surface area contributed by atoms with Crippen molar-refractivity contribution in [1.29, 1.82) is 0 Å². The highest BCUT2D eigenvalue weighted by Gasteiger charge is 2.54. The summed E-state index contributed by atoms with van der Waals surface area (Å²) in [5.74, 6) is -1.44. The van der Waals surface area contributed by atoms with E-state index in [9.17, 15) is 14.7 Å². The Morgan fingerprint density at radius 3 is 2.73 bits per heavy atom. The fourth-order valence-electron chi connectivity index (χ4n) is 3.72. The molecule has 0 aliphatic carbocycles. The maximum absolute atomic E-state index is 12.9. The zero-order valence-electron chi connectivity index (χ0n) is 15.0. The molecule has 1 aromatic carbocycles. The van der Waals surface area contributed by atoms with E-state index in [0.717, 1.165) is 11.1 Å². The van der Waals surface area contributed by atoms with Gasteiger partial charge in [0.1, 0.15) is 5.54 Å². The van der Waals surface area contributed by atoms with Crippen molar-refractivity contribution in [2.45, 2.75) is 31.3 Å². The zero-order chi connectivity index (χ0) is 18.7. The fraction of sp³-hybridized carbons (Fsp3) is 0.421. The van der Waals surface area contributed by atoms with Crippen molar-refractivity contribution in [3.8, 4) is 0 Å². The van der Waals surface area contributed by atoms with Crippen LogP contribution in [0, 0.1) is 5.92 Å². The maximum atomic E-state index is 12.9. The molecule has 1 fully saturated rings. The molecule has 3 N–H and O–H groups in total. The fourth-order valence-corrected chi connectivity index (χ4v) is 3.72. The molecule has 138 valence electrons. The Hall–Kier alpha value is -2.67. The topological polar surface area (TPSA) is 98.3 Å². The number of likely N-dealkylation sites (tertiary alicyclic amines) is 1. The highest BCUT2D eigenvalue weighted by molar-refractivity contribution is 5.85. The molecule has 7 nitrogen and oxygen atoms in total. The van der Waals surface area contributed by atoms with Crippen molar-refractivity contribution in [3.05, 3.63) is 53.9 Å². The molecule has 0 spiro atoms. The summed E-state index contributed by atoms with van der Waals surface area (Å²) >= 11 is 0. The van der Waals surface area contributed by atoms with Crippen LogP contribution >= 0.6 is 0 Å². The van der Waals surface area contributed by atoms with E-state index in [1.165, 1.54) is 0 Å². The molecular formula is C19H24N4O3. The number of likely N-dealkylation sites (N-methyl/N-ethyl adjacent to an activating group) is 1. The Labute approximate surface area is 152 Å². The molecule has 2 heterocycles. The molecule has 1 saturated heterocycles. The smallest absolute Gasteiger partial charge is 0.323 e. The lowest BCUT2D eigenvalue weighted by molar-refractivity contribution is -0.148. The molecule has 26 heavy (non-hydrogen) atoms. The number of carbonyl (C=O) groups is 2. The van der Waals surface area contributed by atoms with E-state index in [0.29, 0.717) is 13.0 Å². The number of carboxylic acid groups (broad SMARTS) is 1. The van der Waals surface area contributed by atoms with Crippen molar-refractivity contribution in [1.82, 2.24) is 20.4 Å². The number of hydrogen-bond acceptors (Lipinski definition) is 4. The average Bonchev–Trinajstić information content (AvgIpc) is 3.23. The highest BCUT2D eigenvalue weighted by atomic mass is 16.4. The van der Waals surface area contributed by atoms with Gasteiger partial charge in [-0.25, -0.2) is 0 Å². The van der Waals surface area contributed by atoms with Crippen molar-refractivity contribution >= 4 is 11.9 Å². The van der Waals surface area contributed by atoms with Crippen molar-refractivity contribution < 1.29 is 14.7 Å². The molecule has 3 rings (SSSR count). The summed E-state index contributed by atoms with van der Waals surface area (Å²) < 4.78 is 0. The monoisotopic (exact) mass is 356 g/mol. The first kappa shape index (κ1) is 18.1. The van der Waals surface area contributed by atoms with E-state index in [1.54, 1.807) is 26.4 Å². The Balaban J connectivity index is 1.77. The molecule has 1 aromatic heterocycles. The first-order chi connectivity index (χ1) is 12.4. The predicted molar refractivity (Wildman–Crippen MR) is 96.4 cm³/mol. The van der Waals surface area contributed by atoms with Gasteiger partial charge in [-0.3, -0.25) is 19.6 Å². The number of benzene rings is 1. The number of H-pyrrole nitrogens is 1. The normalized spacial score (nSPS) is 25.9. The molecule has 1 amide bonds. The van der Waals surface area contributed by atoms with Gasteiger partial charge in [-0.2, -0.15) is 5.10 Å². The minimum absolute atomic E-state index is 0.112. The van der Waals surface area contributed by atoms with E-state index in [1.807, 2.05) is 35.2 Å². The molecule has 0 saturated carbocycles. The number of aromatic nitrogens is 2. The summed E-state index contributed by atoms with van der Waals surface area (Å²) in [4.78, 5) is 26.5. The van der Waals surface area contributed by atoms with Gasteiger partial charge in [0.25, 0.3) is 0 Å². The number of carboxylic acids is 1. The summed E-state index contributed by atoms with van der Waals surface area (Å²) in [6, 6.07) is 9.35. The van der Waals surface area contributed by atoms with Gasteiger partial charge < -0.3 is 10.4 Å². The van der Waals surface area contributed by atoms with Crippen LogP contribution in [0.4, 0.5) is 0 Å². The molecule has 2 aromatic rings. The van der Waals surface area contributed by atoms with Crippen LogP contribution in [0.15, 0.2) is 42.7 Å². The highest BCUT2D eigenvalue weighted by Crippen LogP contribution is 2.45. The number of amides is 1. The summed E-state index contributed by atoms with van der Waals surface area (Å²) in [5.41, 5.74) is 0.895. The van der Waals surface area contributed by atoms with Crippen molar-refractivity contribution in [2.24, 2.45) is 5.92 Å². The van der Waals surface area contributed by atoms with Crippen LogP contribution in [0.1, 0.15) is 30.5 Å². The van der Waals surface area contributed by atoms with Crippen molar-refractivity contribution in [3.63, 3.8) is 0 Å². The van der Waals surface area contributed by atoms with Gasteiger partial charge in [-0.05, 0) is 37.9 Å². The van der Waals surface area contributed by atoms with Gasteiger partial charge in [-0.15, -0.1) is 0 Å². The lowest BCUT2D eigenvalue weighted by atomic mass is 9.89. The van der Waals surface area contributed by atoms with Gasteiger partial charge in [0.05, 0.1) is 12.1 Å². The Morgan fingerprint density at radius 1 is 1.38 bits per heavy atom. The minimum atomic E-state index is -1.08. The van der Waals surface area contributed by atoms with E-state index < -0.39 is 17.4 Å². The van der Waals surface area contributed by atoms with Gasteiger partial charge in [-0.1, -0.05) is 30.3 Å². The van der Waals surface area contributed by atoms with E-state index in [-0.39, 0.29) is 18.4 Å². The first-order valence-corrected chi connectivity index (χ1v) is 8.70. The number of aromatic amines is 1. The predicted octanol–water partition coefficient (Wildman–Crippen LogP) is 1.60. The van der Waals surface area contributed by atoms with Crippen molar-refractivity contribution in [2.75, 3.05) is 13.6 Å². The number of nitrogens with one attached hydrogen (secondary N) is 2.